The van der Waals surface area contributed by atoms with Gasteiger partial charge in [0.2, 0.25) is 5.52 Å². The molecule has 4 fully saturated rings. The average molecular weight is 488 g/mol. The molecular formula is C34H32FN2+. The van der Waals surface area contributed by atoms with E-state index in [4.69, 9.17) is 0 Å². The number of benzene rings is 3. The first kappa shape index (κ1) is 20.8. The molecule has 0 unspecified atom stereocenters. The third-order valence-electron chi connectivity index (χ3n) is 10.9. The summed E-state index contributed by atoms with van der Waals surface area (Å²) in [7, 11) is 2.18. The van der Waals surface area contributed by atoms with Crippen molar-refractivity contribution in [1.82, 2.24) is 4.40 Å². The van der Waals surface area contributed by atoms with E-state index in [1.165, 1.54) is 82.4 Å². The molecule has 184 valence electrons. The lowest BCUT2D eigenvalue weighted by molar-refractivity contribution is -0.643. The van der Waals surface area contributed by atoms with Crippen LogP contribution in [0, 0.1) is 37.4 Å². The van der Waals surface area contributed by atoms with Crippen molar-refractivity contribution in [2.24, 2.45) is 24.8 Å². The summed E-state index contributed by atoms with van der Waals surface area (Å²) in [6, 6.07) is 15.1. The first-order chi connectivity index (χ1) is 17.9. The Kier molecular flexibility index (Phi) is 3.72. The van der Waals surface area contributed by atoms with Gasteiger partial charge in [-0.3, -0.25) is 0 Å². The summed E-state index contributed by atoms with van der Waals surface area (Å²) in [5, 5.41) is 6.16. The van der Waals surface area contributed by atoms with Crippen LogP contribution in [-0.4, -0.2) is 4.40 Å². The molecule has 3 heterocycles. The summed E-state index contributed by atoms with van der Waals surface area (Å²) >= 11 is 0. The van der Waals surface area contributed by atoms with Gasteiger partial charge in [0.1, 0.15) is 12.9 Å². The van der Waals surface area contributed by atoms with Crippen LogP contribution < -0.4 is 4.57 Å². The van der Waals surface area contributed by atoms with Gasteiger partial charge in [-0.25, -0.2) is 8.96 Å². The predicted molar refractivity (Wildman–Crippen MR) is 149 cm³/mol. The van der Waals surface area contributed by atoms with E-state index in [0.717, 1.165) is 34.0 Å². The molecule has 3 aromatic carbocycles. The van der Waals surface area contributed by atoms with E-state index in [9.17, 15) is 4.39 Å². The Morgan fingerprint density at radius 1 is 0.838 bits per heavy atom. The van der Waals surface area contributed by atoms with E-state index < -0.39 is 0 Å². The minimum absolute atomic E-state index is 0.166. The Balaban J connectivity index is 1.51. The summed E-state index contributed by atoms with van der Waals surface area (Å²) in [6.45, 7) is 4.44. The number of fused-ring (bicyclic) bond motifs is 5. The van der Waals surface area contributed by atoms with Crippen molar-refractivity contribution in [3.63, 3.8) is 0 Å². The van der Waals surface area contributed by atoms with Gasteiger partial charge >= 0.3 is 0 Å². The van der Waals surface area contributed by atoms with Crippen LogP contribution in [0.3, 0.4) is 0 Å². The molecule has 4 aliphatic rings. The monoisotopic (exact) mass is 487 g/mol. The summed E-state index contributed by atoms with van der Waals surface area (Å²) in [6.07, 6.45) is 10.7. The third kappa shape index (κ3) is 2.49. The molecule has 3 aromatic heterocycles. The predicted octanol–water partition coefficient (Wildman–Crippen LogP) is 8.04. The fourth-order valence-corrected chi connectivity index (χ4v) is 9.65. The molecule has 37 heavy (non-hydrogen) atoms. The number of nitrogens with zero attached hydrogens (tertiary/aromatic N) is 2. The van der Waals surface area contributed by atoms with Crippen LogP contribution in [0.5, 0.6) is 0 Å². The van der Waals surface area contributed by atoms with Crippen molar-refractivity contribution in [1.29, 1.82) is 0 Å². The quantitative estimate of drug-likeness (QED) is 0.126. The lowest BCUT2D eigenvalue weighted by Crippen LogP contribution is -2.48. The molecule has 0 atom stereocenters. The fraction of sp³-hybridized carbons (Fsp3) is 0.382. The molecular weight excluding hydrogens is 455 g/mol. The highest BCUT2D eigenvalue weighted by atomic mass is 19.1. The molecule has 10 rings (SSSR count). The highest BCUT2D eigenvalue weighted by Gasteiger charge is 2.51. The van der Waals surface area contributed by atoms with Gasteiger partial charge in [-0.05, 0) is 134 Å². The van der Waals surface area contributed by atoms with Gasteiger partial charge in [0, 0.05) is 16.8 Å². The summed E-state index contributed by atoms with van der Waals surface area (Å²) in [5.74, 6) is 2.57. The van der Waals surface area contributed by atoms with Crippen molar-refractivity contribution >= 4 is 49.0 Å². The van der Waals surface area contributed by atoms with Crippen LogP contribution >= 0.6 is 0 Å². The van der Waals surface area contributed by atoms with Crippen molar-refractivity contribution in [2.75, 3.05) is 0 Å². The topological polar surface area (TPSA) is 8.29 Å². The van der Waals surface area contributed by atoms with Gasteiger partial charge < -0.3 is 4.40 Å². The largest absolute Gasteiger partial charge is 0.307 e. The Bertz CT molecular complexity index is 1920. The van der Waals surface area contributed by atoms with E-state index in [1.54, 1.807) is 17.7 Å². The van der Waals surface area contributed by atoms with Crippen LogP contribution in [0.15, 0.2) is 48.7 Å². The van der Waals surface area contributed by atoms with Gasteiger partial charge in [0.25, 0.3) is 0 Å². The molecule has 0 amide bonds. The highest BCUT2D eigenvalue weighted by molar-refractivity contribution is 6.26. The standard InChI is InChI=1S/C34H32FN2/c1-18-8-27-26-14-25(35)4-5-28(26)37-29-13-24(34-15-20-9-21(16-34)11-22(10-20)17-34)12-23-6-7-36(3)33(31(23)29)30(19(18)2)32(27)37/h4-8,12-14,20-22H,9-11,15-17H2,1-3H3/q+1. The van der Waals surface area contributed by atoms with Crippen LogP contribution in [0.4, 0.5) is 4.39 Å². The summed E-state index contributed by atoms with van der Waals surface area (Å²) in [4.78, 5) is 0. The zero-order chi connectivity index (χ0) is 24.8. The molecule has 0 radical (unpaired) electrons. The Morgan fingerprint density at radius 3 is 2.30 bits per heavy atom. The van der Waals surface area contributed by atoms with Crippen molar-refractivity contribution in [3.05, 3.63) is 71.2 Å². The fourth-order valence-electron chi connectivity index (χ4n) is 9.65. The Morgan fingerprint density at radius 2 is 1.57 bits per heavy atom. The average Bonchev–Trinajstić information content (AvgIpc) is 3.17. The van der Waals surface area contributed by atoms with Gasteiger partial charge in [-0.2, -0.15) is 0 Å². The maximum Gasteiger partial charge on any atom is 0.224 e. The number of hydrogen-bond donors (Lipinski definition) is 0. The van der Waals surface area contributed by atoms with Crippen LogP contribution in [-0.2, 0) is 12.5 Å². The number of halogens is 1. The smallest absolute Gasteiger partial charge is 0.224 e. The van der Waals surface area contributed by atoms with Gasteiger partial charge in [0.05, 0.1) is 27.3 Å². The molecule has 4 bridgehead atoms. The van der Waals surface area contributed by atoms with E-state index in [2.05, 4.69) is 60.3 Å². The van der Waals surface area contributed by atoms with Gasteiger partial charge in [0.15, 0.2) is 6.20 Å². The van der Waals surface area contributed by atoms with E-state index in [1.807, 2.05) is 6.07 Å². The molecule has 0 spiro atoms. The summed E-state index contributed by atoms with van der Waals surface area (Å²) < 4.78 is 19.4. The van der Waals surface area contributed by atoms with E-state index >= 15 is 0 Å². The minimum atomic E-state index is -0.166. The van der Waals surface area contributed by atoms with Crippen molar-refractivity contribution < 1.29 is 8.96 Å². The zero-order valence-electron chi connectivity index (χ0n) is 21.9. The second-order valence-corrected chi connectivity index (χ2v) is 13.0. The third-order valence-corrected chi connectivity index (χ3v) is 10.9. The number of aryl methyl sites for hydroxylation is 3. The summed E-state index contributed by atoms with van der Waals surface area (Å²) in [5.41, 5.74) is 9.40. The number of aromatic nitrogens is 2. The van der Waals surface area contributed by atoms with Crippen molar-refractivity contribution in [3.8, 4) is 0 Å². The normalized spacial score (nSPS) is 27.2. The van der Waals surface area contributed by atoms with Crippen LogP contribution in [0.2, 0.25) is 0 Å². The first-order valence-corrected chi connectivity index (χ1v) is 14.1. The lowest BCUT2D eigenvalue weighted by atomic mass is 9.48. The Labute approximate surface area is 216 Å². The zero-order valence-corrected chi connectivity index (χ0v) is 21.9. The van der Waals surface area contributed by atoms with E-state index in [0.29, 0.717) is 5.41 Å². The lowest BCUT2D eigenvalue weighted by Gasteiger charge is -2.57. The van der Waals surface area contributed by atoms with Gasteiger partial charge in [-0.15, -0.1) is 0 Å². The maximum absolute atomic E-state index is 14.6. The van der Waals surface area contributed by atoms with Crippen LogP contribution in [0.25, 0.3) is 49.0 Å². The Hall–Kier alpha value is -3.20. The molecule has 3 heteroatoms. The van der Waals surface area contributed by atoms with Crippen LogP contribution in [0.1, 0.15) is 55.2 Å². The molecule has 0 saturated heterocycles. The molecule has 2 nitrogen and oxygen atoms in total. The SMILES string of the molecule is Cc1cc2c3cc(F)ccc3n3c4cc(C56CC7CC(CC(C7)C5)C6)cc5cc[n+](C)c(c(c1C)c23)c54. The highest BCUT2D eigenvalue weighted by Crippen LogP contribution is 2.61. The second kappa shape index (κ2) is 6.62. The molecule has 4 aliphatic carbocycles. The molecule has 0 N–H and O–H groups in total. The number of rotatable bonds is 1. The minimum Gasteiger partial charge on any atom is -0.307 e. The maximum atomic E-state index is 14.6. The number of hydrogen-bond acceptors (Lipinski definition) is 0. The molecule has 0 aliphatic heterocycles. The molecule has 6 aromatic rings. The second-order valence-electron chi connectivity index (χ2n) is 13.0. The number of pyridine rings is 2. The first-order valence-electron chi connectivity index (χ1n) is 14.1. The van der Waals surface area contributed by atoms with Gasteiger partial charge in [-0.1, -0.05) is 0 Å². The van der Waals surface area contributed by atoms with E-state index in [-0.39, 0.29) is 5.82 Å². The molecule has 4 saturated carbocycles. The van der Waals surface area contributed by atoms with Crippen molar-refractivity contribution in [2.45, 2.75) is 57.8 Å².